The molecule has 0 fully saturated rings. The molecule has 3 aromatic rings. The number of carbonyl (C=O) groups is 3. The van der Waals surface area contributed by atoms with Crippen molar-refractivity contribution in [1.82, 2.24) is 16.0 Å². The fourth-order valence-corrected chi connectivity index (χ4v) is 4.44. The van der Waals surface area contributed by atoms with Crippen molar-refractivity contribution in [2.75, 3.05) is 54.0 Å². The van der Waals surface area contributed by atoms with Gasteiger partial charge < -0.3 is 37.2 Å². The van der Waals surface area contributed by atoms with Crippen LogP contribution in [0.3, 0.4) is 0 Å². The van der Waals surface area contributed by atoms with Crippen molar-refractivity contribution in [3.05, 3.63) is 83.4 Å². The second-order valence-corrected chi connectivity index (χ2v) is 9.64. The van der Waals surface area contributed by atoms with Gasteiger partial charge in [0.25, 0.3) is 5.91 Å². The minimum Gasteiger partial charge on any atom is -0.368 e. The molecule has 42 heavy (non-hydrogen) atoms. The summed E-state index contributed by atoms with van der Waals surface area (Å²) >= 11 is 0. The number of nitrogens with zero attached hydrogens (tertiary/aromatic N) is 2. The Bertz CT molecular complexity index is 1520. The number of urea groups is 2. The minimum atomic E-state index is -0.535. The first kappa shape index (κ1) is 28.1. The maximum atomic E-state index is 12.9. The van der Waals surface area contributed by atoms with Crippen LogP contribution in [0.1, 0.15) is 34.8 Å². The lowest BCUT2D eigenvalue weighted by Gasteiger charge is -2.15. The lowest BCUT2D eigenvalue weighted by Crippen LogP contribution is -2.27. The van der Waals surface area contributed by atoms with Crippen LogP contribution in [0.4, 0.5) is 32.3 Å². The van der Waals surface area contributed by atoms with Crippen molar-refractivity contribution in [2.45, 2.75) is 13.3 Å². The summed E-state index contributed by atoms with van der Waals surface area (Å²) in [7, 11) is 0. The zero-order chi connectivity index (χ0) is 29.3. The van der Waals surface area contributed by atoms with Crippen molar-refractivity contribution < 1.29 is 14.4 Å². The van der Waals surface area contributed by atoms with Crippen LogP contribution in [0.15, 0.2) is 76.7 Å². The molecule has 2 heterocycles. The van der Waals surface area contributed by atoms with E-state index in [2.05, 4.69) is 47.2 Å². The van der Waals surface area contributed by atoms with Crippen LogP contribution in [-0.2, 0) is 0 Å². The predicted molar refractivity (Wildman–Crippen MR) is 166 cm³/mol. The first-order chi connectivity index (χ1) is 20.5. The molecular formula is C30H33N9O3. The summed E-state index contributed by atoms with van der Waals surface area (Å²) in [5.41, 5.74) is 3.96. The Morgan fingerprint density at radius 1 is 0.690 bits per heavy atom. The molecule has 0 unspecified atom stereocenters. The number of hydrogen-bond donors (Lipinski definition) is 7. The van der Waals surface area contributed by atoms with Crippen LogP contribution >= 0.6 is 0 Å². The summed E-state index contributed by atoms with van der Waals surface area (Å²) in [6.07, 6.45) is 0.762. The van der Waals surface area contributed by atoms with Crippen LogP contribution in [0.2, 0.25) is 0 Å². The minimum absolute atomic E-state index is 0.245. The van der Waals surface area contributed by atoms with Gasteiger partial charge in [0.1, 0.15) is 11.7 Å². The summed E-state index contributed by atoms with van der Waals surface area (Å²) in [6, 6.07) is 18.3. The Morgan fingerprint density at radius 2 is 1.19 bits per heavy atom. The molecule has 0 saturated carbocycles. The second-order valence-electron chi connectivity index (χ2n) is 9.64. The highest BCUT2D eigenvalue weighted by molar-refractivity contribution is 6.08. The van der Waals surface area contributed by atoms with Gasteiger partial charge in [0, 0.05) is 47.8 Å². The molecule has 5 amide bonds. The first-order valence-electron chi connectivity index (χ1n) is 13.8. The van der Waals surface area contributed by atoms with E-state index in [1.54, 1.807) is 42.5 Å². The Labute approximate surface area is 243 Å². The molecule has 0 atom stereocenters. The number of carbonyl (C=O) groups excluding carboxylic acids is 3. The monoisotopic (exact) mass is 567 g/mol. The average Bonchev–Trinajstić information content (AvgIpc) is 3.72. The number of amidine groups is 2. The van der Waals surface area contributed by atoms with E-state index in [1.807, 2.05) is 31.2 Å². The van der Waals surface area contributed by atoms with E-state index in [0.29, 0.717) is 23.6 Å². The molecule has 0 aliphatic carbocycles. The van der Waals surface area contributed by atoms with Crippen molar-refractivity contribution in [2.24, 2.45) is 9.98 Å². The third kappa shape index (κ3) is 7.22. The highest BCUT2D eigenvalue weighted by Crippen LogP contribution is 2.23. The number of amides is 5. The second kappa shape index (κ2) is 13.3. The summed E-state index contributed by atoms with van der Waals surface area (Å²) in [6.45, 7) is 5.55. The first-order valence-corrected chi connectivity index (χ1v) is 13.8. The lowest BCUT2D eigenvalue weighted by atomic mass is 10.1. The SMILES string of the molecule is CCCNC(=O)c1ccc(NC(=O)Nc2ccc(C3=NCCN3)cc2)cc1NC(=O)Nc1ccc(C2=NCCN2)cc1. The third-order valence-corrected chi connectivity index (χ3v) is 6.49. The van der Waals surface area contributed by atoms with E-state index in [1.165, 1.54) is 0 Å². The van der Waals surface area contributed by atoms with Crippen molar-refractivity contribution in [3.8, 4) is 0 Å². The molecule has 0 saturated heterocycles. The van der Waals surface area contributed by atoms with Gasteiger partial charge >= 0.3 is 12.1 Å². The molecule has 216 valence electrons. The maximum Gasteiger partial charge on any atom is 0.323 e. The maximum absolute atomic E-state index is 12.9. The highest BCUT2D eigenvalue weighted by Gasteiger charge is 2.16. The van der Waals surface area contributed by atoms with Crippen LogP contribution in [0.5, 0.6) is 0 Å². The number of benzene rings is 3. The highest BCUT2D eigenvalue weighted by atomic mass is 16.2. The smallest absolute Gasteiger partial charge is 0.323 e. The Balaban J connectivity index is 1.25. The summed E-state index contributed by atoms with van der Waals surface area (Å²) in [4.78, 5) is 47.2. The Morgan fingerprint density at radius 3 is 1.69 bits per heavy atom. The van der Waals surface area contributed by atoms with E-state index in [9.17, 15) is 14.4 Å². The predicted octanol–water partition coefficient (Wildman–Crippen LogP) is 3.81. The summed E-state index contributed by atoms with van der Waals surface area (Å²) in [5.74, 6) is 1.33. The van der Waals surface area contributed by atoms with Gasteiger partial charge in [0.2, 0.25) is 0 Å². The summed E-state index contributed by atoms with van der Waals surface area (Å²) in [5, 5.41) is 20.3. The van der Waals surface area contributed by atoms with Crippen LogP contribution in [0, 0.1) is 0 Å². The van der Waals surface area contributed by atoms with Gasteiger partial charge in [0.15, 0.2) is 0 Å². The number of rotatable bonds is 9. The Kier molecular flexibility index (Phi) is 8.92. The quantitative estimate of drug-likeness (QED) is 0.209. The molecule has 0 radical (unpaired) electrons. The van der Waals surface area contributed by atoms with Crippen LogP contribution in [0.25, 0.3) is 0 Å². The van der Waals surface area contributed by atoms with Gasteiger partial charge in [-0.3, -0.25) is 14.8 Å². The summed E-state index contributed by atoms with van der Waals surface area (Å²) < 4.78 is 0. The van der Waals surface area contributed by atoms with Gasteiger partial charge in [-0.05, 0) is 73.2 Å². The number of nitrogens with one attached hydrogen (secondary N) is 7. The molecule has 3 aromatic carbocycles. The van der Waals surface area contributed by atoms with Gasteiger partial charge in [-0.15, -0.1) is 0 Å². The van der Waals surface area contributed by atoms with Gasteiger partial charge in [-0.25, -0.2) is 9.59 Å². The van der Waals surface area contributed by atoms with E-state index >= 15 is 0 Å². The number of aliphatic imine (C=N–C) groups is 2. The fraction of sp³-hybridized carbons (Fsp3) is 0.233. The Hall–Kier alpha value is -5.39. The lowest BCUT2D eigenvalue weighted by molar-refractivity contribution is 0.0954. The van der Waals surface area contributed by atoms with Gasteiger partial charge in [-0.1, -0.05) is 6.92 Å². The largest absolute Gasteiger partial charge is 0.368 e. The zero-order valence-electron chi connectivity index (χ0n) is 23.2. The molecule has 2 aliphatic heterocycles. The molecule has 7 N–H and O–H groups in total. The average molecular weight is 568 g/mol. The van der Waals surface area contributed by atoms with E-state index in [4.69, 9.17) is 0 Å². The molecule has 2 aliphatic rings. The van der Waals surface area contributed by atoms with E-state index < -0.39 is 12.1 Å². The van der Waals surface area contributed by atoms with Crippen molar-refractivity contribution >= 4 is 52.4 Å². The fourth-order valence-electron chi connectivity index (χ4n) is 4.44. The topological polar surface area (TPSA) is 160 Å². The molecule has 0 aromatic heterocycles. The number of hydrogen-bond acceptors (Lipinski definition) is 7. The molecule has 12 heteroatoms. The molecular weight excluding hydrogens is 534 g/mol. The molecule has 0 bridgehead atoms. The third-order valence-electron chi connectivity index (χ3n) is 6.49. The van der Waals surface area contributed by atoms with E-state index in [-0.39, 0.29) is 17.2 Å². The normalized spacial score (nSPS) is 13.6. The standard InChI is InChI=1S/C30H33N9O3/c1-2-13-35-28(40)24-12-11-23(38-29(41)36-21-7-3-19(4-8-21)26-31-14-15-32-26)18-25(24)39-30(42)37-22-9-5-20(6-10-22)27-33-16-17-34-27/h3-12,18H,2,13-17H2,1H3,(H,31,32)(H,33,34)(H,35,40)(H2,36,38,41)(H2,37,39,42). The van der Waals surface area contributed by atoms with Crippen molar-refractivity contribution in [1.29, 1.82) is 0 Å². The molecule has 0 spiro atoms. The van der Waals surface area contributed by atoms with Crippen LogP contribution < -0.4 is 37.2 Å². The van der Waals surface area contributed by atoms with Crippen molar-refractivity contribution in [3.63, 3.8) is 0 Å². The zero-order valence-corrected chi connectivity index (χ0v) is 23.2. The van der Waals surface area contributed by atoms with Crippen LogP contribution in [-0.4, -0.2) is 62.4 Å². The molecule has 12 nitrogen and oxygen atoms in total. The van der Waals surface area contributed by atoms with E-state index in [0.717, 1.165) is 55.4 Å². The molecule has 5 rings (SSSR count). The van der Waals surface area contributed by atoms with Gasteiger partial charge in [-0.2, -0.15) is 0 Å². The number of anilines is 4. The van der Waals surface area contributed by atoms with Gasteiger partial charge in [0.05, 0.1) is 24.3 Å².